The van der Waals surface area contributed by atoms with Crippen LogP contribution in [0.3, 0.4) is 0 Å². The van der Waals surface area contributed by atoms with Gasteiger partial charge in [-0.25, -0.2) is 9.97 Å². The van der Waals surface area contributed by atoms with E-state index in [1.54, 1.807) is 12.4 Å². The van der Waals surface area contributed by atoms with E-state index in [9.17, 15) is 0 Å². The van der Waals surface area contributed by atoms with Crippen LogP contribution >= 0.6 is 0 Å². The van der Waals surface area contributed by atoms with Crippen molar-refractivity contribution in [1.29, 1.82) is 0 Å². The molecule has 4 rings (SSSR count). The summed E-state index contributed by atoms with van der Waals surface area (Å²) in [6.45, 7) is 4.60. The molecule has 0 atom stereocenters. The highest BCUT2D eigenvalue weighted by atomic mass is 16.3. The van der Waals surface area contributed by atoms with Crippen molar-refractivity contribution in [3.63, 3.8) is 0 Å². The molecule has 2 aromatic heterocycles. The summed E-state index contributed by atoms with van der Waals surface area (Å²) < 4.78 is 0. The summed E-state index contributed by atoms with van der Waals surface area (Å²) >= 11 is 0. The van der Waals surface area contributed by atoms with Crippen molar-refractivity contribution < 1.29 is 5.11 Å². The Labute approximate surface area is 146 Å². The Morgan fingerprint density at radius 3 is 2.56 bits per heavy atom. The fourth-order valence-corrected chi connectivity index (χ4v) is 3.25. The van der Waals surface area contributed by atoms with Gasteiger partial charge < -0.3 is 10.0 Å². The molecule has 1 N–H and O–H groups in total. The highest BCUT2D eigenvalue weighted by Crippen LogP contribution is 2.27. The molecule has 0 amide bonds. The van der Waals surface area contributed by atoms with E-state index in [4.69, 9.17) is 15.1 Å². The number of aromatic nitrogens is 3. The molecule has 1 saturated heterocycles. The third kappa shape index (κ3) is 3.31. The number of piperazine rings is 1. The lowest BCUT2D eigenvalue weighted by atomic mass is 10.2. The topological polar surface area (TPSA) is 65.4 Å². The van der Waals surface area contributed by atoms with Crippen LogP contribution in [0.1, 0.15) is 0 Å². The van der Waals surface area contributed by atoms with Gasteiger partial charge in [-0.2, -0.15) is 0 Å². The average molecular weight is 335 g/mol. The van der Waals surface area contributed by atoms with E-state index in [2.05, 4.69) is 20.9 Å². The summed E-state index contributed by atoms with van der Waals surface area (Å²) in [7, 11) is 0. The number of aliphatic hydroxyl groups excluding tert-OH is 1. The molecule has 128 valence electrons. The van der Waals surface area contributed by atoms with Crippen LogP contribution in [0, 0.1) is 0 Å². The highest BCUT2D eigenvalue weighted by molar-refractivity contribution is 5.91. The van der Waals surface area contributed by atoms with Crippen LogP contribution in [0.2, 0.25) is 0 Å². The standard InChI is InChI=1S/C19H21N5O/c25-13-12-23-8-10-24(11-9-23)19-16-5-1-2-6-17(16)21-18(22-19)15-4-3-7-20-14-15/h1-7,14,25H,8-13H2. The second-order valence-corrected chi connectivity index (χ2v) is 6.18. The number of pyridine rings is 1. The van der Waals surface area contributed by atoms with Crippen LogP contribution in [0.15, 0.2) is 48.8 Å². The van der Waals surface area contributed by atoms with Crippen molar-refractivity contribution >= 4 is 16.7 Å². The molecule has 1 fully saturated rings. The normalized spacial score (nSPS) is 15.6. The zero-order valence-electron chi connectivity index (χ0n) is 14.0. The van der Waals surface area contributed by atoms with Crippen molar-refractivity contribution in [2.45, 2.75) is 0 Å². The zero-order valence-corrected chi connectivity index (χ0v) is 14.0. The number of fused-ring (bicyclic) bond motifs is 1. The summed E-state index contributed by atoms with van der Waals surface area (Å²) in [5.41, 5.74) is 1.87. The van der Waals surface area contributed by atoms with Gasteiger partial charge in [0.25, 0.3) is 0 Å². The van der Waals surface area contributed by atoms with Gasteiger partial charge in [0, 0.05) is 56.1 Å². The number of para-hydroxylation sites is 1. The minimum absolute atomic E-state index is 0.210. The molecule has 0 saturated carbocycles. The van der Waals surface area contributed by atoms with Gasteiger partial charge in [0.15, 0.2) is 5.82 Å². The number of aliphatic hydroxyl groups is 1. The number of hydrogen-bond donors (Lipinski definition) is 1. The summed E-state index contributed by atoms with van der Waals surface area (Å²) in [6.07, 6.45) is 3.55. The lowest BCUT2D eigenvalue weighted by Gasteiger charge is -2.35. The summed E-state index contributed by atoms with van der Waals surface area (Å²) in [5.74, 6) is 1.69. The molecule has 6 nitrogen and oxygen atoms in total. The molecular formula is C19H21N5O. The fraction of sp³-hybridized carbons (Fsp3) is 0.316. The Kier molecular flexibility index (Phi) is 4.54. The van der Waals surface area contributed by atoms with Crippen molar-refractivity contribution in [2.75, 3.05) is 44.2 Å². The molecular weight excluding hydrogens is 314 g/mol. The number of β-amino-alcohol motifs (C(OH)–C–C–N with tert-alkyl or cyclic N) is 1. The summed E-state index contributed by atoms with van der Waals surface area (Å²) in [5, 5.41) is 10.2. The fourth-order valence-electron chi connectivity index (χ4n) is 3.25. The second kappa shape index (κ2) is 7.13. The van der Waals surface area contributed by atoms with Gasteiger partial charge in [-0.05, 0) is 24.3 Å². The molecule has 1 aliphatic heterocycles. The number of anilines is 1. The third-order valence-electron chi connectivity index (χ3n) is 4.59. The van der Waals surface area contributed by atoms with E-state index in [0.29, 0.717) is 5.82 Å². The van der Waals surface area contributed by atoms with Gasteiger partial charge in [0.05, 0.1) is 12.1 Å². The van der Waals surface area contributed by atoms with Crippen LogP contribution in [0.5, 0.6) is 0 Å². The largest absolute Gasteiger partial charge is 0.395 e. The molecule has 3 heterocycles. The van der Waals surface area contributed by atoms with Gasteiger partial charge >= 0.3 is 0 Å². The maximum absolute atomic E-state index is 9.12. The molecule has 0 aliphatic carbocycles. The Balaban J connectivity index is 1.72. The van der Waals surface area contributed by atoms with Gasteiger partial charge in [0.1, 0.15) is 5.82 Å². The maximum Gasteiger partial charge on any atom is 0.163 e. The molecule has 0 radical (unpaired) electrons. The molecule has 0 bridgehead atoms. The van der Waals surface area contributed by atoms with E-state index in [1.165, 1.54) is 0 Å². The average Bonchev–Trinajstić information content (AvgIpc) is 2.69. The van der Waals surface area contributed by atoms with E-state index in [0.717, 1.165) is 55.0 Å². The Hall–Kier alpha value is -2.57. The number of hydrogen-bond acceptors (Lipinski definition) is 6. The Morgan fingerprint density at radius 1 is 0.960 bits per heavy atom. The van der Waals surface area contributed by atoms with Crippen LogP contribution in [0.4, 0.5) is 5.82 Å². The molecule has 1 aliphatic rings. The van der Waals surface area contributed by atoms with Crippen molar-refractivity contribution in [2.24, 2.45) is 0 Å². The summed E-state index contributed by atoms with van der Waals surface area (Å²) in [6, 6.07) is 12.0. The van der Waals surface area contributed by atoms with Crippen molar-refractivity contribution in [3.05, 3.63) is 48.8 Å². The van der Waals surface area contributed by atoms with Crippen molar-refractivity contribution in [3.8, 4) is 11.4 Å². The first-order valence-corrected chi connectivity index (χ1v) is 8.60. The molecule has 0 unspecified atom stereocenters. The zero-order chi connectivity index (χ0) is 17.1. The van der Waals surface area contributed by atoms with E-state index in [1.807, 2.05) is 30.3 Å². The van der Waals surface area contributed by atoms with Crippen LogP contribution in [-0.2, 0) is 0 Å². The third-order valence-corrected chi connectivity index (χ3v) is 4.59. The first kappa shape index (κ1) is 15.9. The molecule has 6 heteroatoms. The van der Waals surface area contributed by atoms with Gasteiger partial charge in [-0.15, -0.1) is 0 Å². The quantitative estimate of drug-likeness (QED) is 0.784. The first-order valence-electron chi connectivity index (χ1n) is 8.60. The van der Waals surface area contributed by atoms with Crippen molar-refractivity contribution in [1.82, 2.24) is 19.9 Å². The second-order valence-electron chi connectivity index (χ2n) is 6.18. The van der Waals surface area contributed by atoms with Gasteiger partial charge in [-0.3, -0.25) is 9.88 Å². The maximum atomic E-state index is 9.12. The van der Waals surface area contributed by atoms with Crippen LogP contribution in [0.25, 0.3) is 22.3 Å². The van der Waals surface area contributed by atoms with E-state index in [-0.39, 0.29) is 6.61 Å². The van der Waals surface area contributed by atoms with Gasteiger partial charge in [-0.1, -0.05) is 12.1 Å². The Morgan fingerprint density at radius 2 is 1.80 bits per heavy atom. The Bertz CT molecular complexity index is 847. The van der Waals surface area contributed by atoms with Crippen LogP contribution < -0.4 is 4.90 Å². The predicted octanol–water partition coefficient (Wildman–Crippen LogP) is 1.81. The number of nitrogens with zero attached hydrogens (tertiary/aromatic N) is 5. The minimum atomic E-state index is 0.210. The number of benzene rings is 1. The monoisotopic (exact) mass is 335 g/mol. The minimum Gasteiger partial charge on any atom is -0.395 e. The van der Waals surface area contributed by atoms with E-state index < -0.39 is 0 Å². The van der Waals surface area contributed by atoms with Crippen LogP contribution in [-0.4, -0.2) is 64.3 Å². The first-order chi connectivity index (χ1) is 12.3. The molecule has 3 aromatic rings. The predicted molar refractivity (Wildman–Crippen MR) is 98.5 cm³/mol. The summed E-state index contributed by atoms with van der Waals surface area (Å²) in [4.78, 5) is 18.4. The lowest BCUT2D eigenvalue weighted by Crippen LogP contribution is -2.47. The smallest absolute Gasteiger partial charge is 0.163 e. The number of rotatable bonds is 4. The SMILES string of the molecule is OCCN1CCN(c2nc(-c3cccnc3)nc3ccccc23)CC1. The lowest BCUT2D eigenvalue weighted by molar-refractivity contribution is 0.188. The highest BCUT2D eigenvalue weighted by Gasteiger charge is 2.20. The molecule has 0 spiro atoms. The molecule has 1 aromatic carbocycles. The molecule has 25 heavy (non-hydrogen) atoms. The van der Waals surface area contributed by atoms with E-state index >= 15 is 0 Å². The van der Waals surface area contributed by atoms with Gasteiger partial charge in [0.2, 0.25) is 0 Å².